The predicted octanol–water partition coefficient (Wildman–Crippen LogP) is 2.61. The van der Waals surface area contributed by atoms with E-state index in [9.17, 15) is 4.79 Å². The van der Waals surface area contributed by atoms with E-state index in [0.717, 1.165) is 0 Å². The molecular formula is C17H23NO2Si. The molecule has 2 aromatic carbocycles. The van der Waals surface area contributed by atoms with Crippen molar-refractivity contribution < 1.29 is 9.53 Å². The fourth-order valence-electron chi connectivity index (χ4n) is 2.02. The minimum atomic E-state index is -1.46. The van der Waals surface area contributed by atoms with Gasteiger partial charge < -0.3 is 10.5 Å². The molecule has 0 unspecified atom stereocenters. The van der Waals surface area contributed by atoms with Crippen molar-refractivity contribution in [3.63, 3.8) is 0 Å². The highest BCUT2D eigenvalue weighted by atomic mass is 28.3. The summed E-state index contributed by atoms with van der Waals surface area (Å²) in [6.07, 6.45) is -0.711. The van der Waals surface area contributed by atoms with Gasteiger partial charge in [-0.3, -0.25) is 0 Å². The largest absolute Gasteiger partial charge is 0.450 e. The van der Waals surface area contributed by atoms with Crippen LogP contribution in [0.4, 0.5) is 4.79 Å². The van der Waals surface area contributed by atoms with Gasteiger partial charge in [0, 0.05) is 0 Å². The molecule has 1 amide bonds. The van der Waals surface area contributed by atoms with Gasteiger partial charge in [-0.25, -0.2) is 4.79 Å². The quantitative estimate of drug-likeness (QED) is 0.886. The molecule has 0 aliphatic heterocycles. The number of ether oxygens (including phenoxy) is 1. The van der Waals surface area contributed by atoms with E-state index in [2.05, 4.69) is 84.2 Å². The van der Waals surface area contributed by atoms with E-state index in [1.54, 1.807) is 6.92 Å². The summed E-state index contributed by atoms with van der Waals surface area (Å²) < 4.78 is 4.18. The highest BCUT2D eigenvalue weighted by molar-refractivity contribution is 7.00. The van der Waals surface area contributed by atoms with Crippen molar-refractivity contribution in [2.45, 2.75) is 20.0 Å². The number of rotatable bonds is 3. The zero-order valence-corrected chi connectivity index (χ0v) is 13.9. The minimum Gasteiger partial charge on any atom is -0.450 e. The molecule has 0 bridgehead atoms. The third-order valence-electron chi connectivity index (χ3n) is 3.28. The molecule has 0 aliphatic rings. The van der Waals surface area contributed by atoms with Gasteiger partial charge in [-0.05, 0) is 6.92 Å². The lowest BCUT2D eigenvalue weighted by molar-refractivity contribution is 0.163. The standard InChI is InChI=1S/C14H16Si.C3H7NO2/c1-15(2,13-9-5-3-6-10-13)14-11-7-4-8-12-14;1-2-6-3(4)5/h3-12H,1-2H3;2H2,1H3,(H2,4,5). The first-order valence-corrected chi connectivity index (χ1v) is 10.0. The molecule has 0 saturated heterocycles. The van der Waals surface area contributed by atoms with Crippen molar-refractivity contribution in [3.05, 3.63) is 60.7 Å². The lowest BCUT2D eigenvalue weighted by atomic mass is 10.4. The SMILES string of the molecule is CCOC(N)=O.C[Si](C)(c1ccccc1)c1ccccc1. The molecule has 0 aliphatic carbocycles. The molecule has 21 heavy (non-hydrogen) atoms. The molecule has 0 fully saturated rings. The van der Waals surface area contributed by atoms with Crippen LogP contribution in [0.15, 0.2) is 60.7 Å². The second-order valence-electron chi connectivity index (χ2n) is 5.11. The first kappa shape index (κ1) is 17.0. The van der Waals surface area contributed by atoms with Gasteiger partial charge in [0.15, 0.2) is 0 Å². The van der Waals surface area contributed by atoms with Gasteiger partial charge in [-0.2, -0.15) is 0 Å². The van der Waals surface area contributed by atoms with E-state index in [0.29, 0.717) is 6.61 Å². The molecule has 2 aromatic rings. The predicted molar refractivity (Wildman–Crippen MR) is 90.8 cm³/mol. The summed E-state index contributed by atoms with van der Waals surface area (Å²) in [5.41, 5.74) is 4.54. The van der Waals surface area contributed by atoms with E-state index < -0.39 is 14.2 Å². The molecule has 0 heterocycles. The molecule has 4 heteroatoms. The Kier molecular flexibility index (Phi) is 6.68. The van der Waals surface area contributed by atoms with Crippen LogP contribution >= 0.6 is 0 Å². The normalized spacial score (nSPS) is 10.2. The van der Waals surface area contributed by atoms with Crippen LogP contribution in [0.25, 0.3) is 0 Å². The fourth-order valence-corrected chi connectivity index (χ4v) is 4.40. The molecule has 112 valence electrons. The summed E-state index contributed by atoms with van der Waals surface area (Å²) in [7, 11) is -1.46. The monoisotopic (exact) mass is 301 g/mol. The highest BCUT2D eigenvalue weighted by Gasteiger charge is 2.24. The van der Waals surface area contributed by atoms with Gasteiger partial charge in [-0.15, -0.1) is 0 Å². The molecule has 0 saturated carbocycles. The summed E-state index contributed by atoms with van der Waals surface area (Å²) >= 11 is 0. The molecular weight excluding hydrogens is 278 g/mol. The molecule has 0 radical (unpaired) electrons. The third kappa shape index (κ3) is 5.43. The number of nitrogens with two attached hydrogens (primary N) is 1. The Hall–Kier alpha value is -2.07. The first-order chi connectivity index (χ1) is 9.98. The Morgan fingerprint density at radius 2 is 1.33 bits per heavy atom. The van der Waals surface area contributed by atoms with Gasteiger partial charge in [-0.1, -0.05) is 84.1 Å². The Labute approximate surface area is 127 Å². The molecule has 0 aromatic heterocycles. The zero-order valence-electron chi connectivity index (χ0n) is 12.9. The average Bonchev–Trinajstić information content (AvgIpc) is 2.49. The Morgan fingerprint density at radius 3 is 1.57 bits per heavy atom. The molecule has 2 N–H and O–H groups in total. The van der Waals surface area contributed by atoms with Crippen molar-refractivity contribution in [1.82, 2.24) is 0 Å². The van der Waals surface area contributed by atoms with Gasteiger partial charge in [0.1, 0.15) is 8.07 Å². The molecule has 2 rings (SSSR count). The zero-order chi connectivity index (χ0) is 15.7. The highest BCUT2D eigenvalue weighted by Crippen LogP contribution is 2.04. The van der Waals surface area contributed by atoms with E-state index in [-0.39, 0.29) is 0 Å². The molecule has 0 atom stereocenters. The lowest BCUT2D eigenvalue weighted by Crippen LogP contribution is -2.52. The van der Waals surface area contributed by atoms with Crippen molar-refractivity contribution >= 4 is 24.5 Å². The number of amides is 1. The van der Waals surface area contributed by atoms with Gasteiger partial charge in [0.25, 0.3) is 0 Å². The summed E-state index contributed by atoms with van der Waals surface area (Å²) in [5, 5.41) is 2.99. The van der Waals surface area contributed by atoms with E-state index in [4.69, 9.17) is 0 Å². The number of hydrogen-bond donors (Lipinski definition) is 1. The summed E-state index contributed by atoms with van der Waals surface area (Å²) in [4.78, 5) is 9.60. The number of hydrogen-bond acceptors (Lipinski definition) is 2. The number of benzene rings is 2. The summed E-state index contributed by atoms with van der Waals surface area (Å²) in [5.74, 6) is 0. The van der Waals surface area contributed by atoms with E-state index in [1.807, 2.05) is 0 Å². The minimum absolute atomic E-state index is 0.356. The van der Waals surface area contributed by atoms with Crippen LogP contribution in [0, 0.1) is 0 Å². The molecule has 3 nitrogen and oxygen atoms in total. The summed E-state index contributed by atoms with van der Waals surface area (Å²) in [6, 6.07) is 21.7. The van der Waals surface area contributed by atoms with E-state index in [1.165, 1.54) is 10.4 Å². The Bertz CT molecular complexity index is 500. The van der Waals surface area contributed by atoms with Gasteiger partial charge >= 0.3 is 6.09 Å². The molecule has 0 spiro atoms. The van der Waals surface area contributed by atoms with Crippen LogP contribution in [0.3, 0.4) is 0 Å². The van der Waals surface area contributed by atoms with E-state index >= 15 is 0 Å². The maximum absolute atomic E-state index is 9.60. The third-order valence-corrected chi connectivity index (χ3v) is 6.83. The smallest absolute Gasteiger partial charge is 0.404 e. The van der Waals surface area contributed by atoms with Crippen LogP contribution in [0.2, 0.25) is 13.1 Å². The van der Waals surface area contributed by atoms with Crippen molar-refractivity contribution in [2.75, 3.05) is 6.61 Å². The van der Waals surface area contributed by atoms with Crippen molar-refractivity contribution in [1.29, 1.82) is 0 Å². The van der Waals surface area contributed by atoms with Crippen LogP contribution in [0.5, 0.6) is 0 Å². The Morgan fingerprint density at radius 1 is 0.952 bits per heavy atom. The average molecular weight is 301 g/mol. The van der Waals surface area contributed by atoms with Crippen LogP contribution in [0.1, 0.15) is 6.92 Å². The number of primary amides is 1. The van der Waals surface area contributed by atoms with Gasteiger partial charge in [0.05, 0.1) is 6.61 Å². The Balaban J connectivity index is 0.000000315. The maximum atomic E-state index is 9.60. The van der Waals surface area contributed by atoms with Crippen LogP contribution in [-0.4, -0.2) is 20.8 Å². The number of carbonyl (C=O) groups is 1. The maximum Gasteiger partial charge on any atom is 0.404 e. The van der Waals surface area contributed by atoms with Crippen molar-refractivity contribution in [2.24, 2.45) is 5.73 Å². The fraction of sp³-hybridized carbons (Fsp3) is 0.235. The van der Waals surface area contributed by atoms with Crippen LogP contribution < -0.4 is 16.1 Å². The lowest BCUT2D eigenvalue weighted by Gasteiger charge is -2.23. The first-order valence-electron chi connectivity index (χ1n) is 7.01. The topological polar surface area (TPSA) is 52.3 Å². The van der Waals surface area contributed by atoms with Gasteiger partial charge in [0.2, 0.25) is 0 Å². The second kappa shape index (κ2) is 8.27. The van der Waals surface area contributed by atoms with Crippen LogP contribution in [-0.2, 0) is 4.74 Å². The van der Waals surface area contributed by atoms with Crippen molar-refractivity contribution in [3.8, 4) is 0 Å². The second-order valence-corrected chi connectivity index (χ2v) is 9.51. The number of carbonyl (C=O) groups excluding carboxylic acids is 1. The summed E-state index contributed by atoms with van der Waals surface area (Å²) in [6.45, 7) is 6.86.